The van der Waals surface area contributed by atoms with Gasteiger partial charge in [-0.25, -0.2) is 0 Å². The molecule has 4 rings (SSSR count). The van der Waals surface area contributed by atoms with Crippen LogP contribution in [0.2, 0.25) is 0 Å². The highest BCUT2D eigenvalue weighted by Crippen LogP contribution is 2.37. The van der Waals surface area contributed by atoms with Gasteiger partial charge in [0.05, 0.1) is 19.8 Å². The largest absolute Gasteiger partial charge is 0.487 e. The topological polar surface area (TPSA) is 65.3 Å². The summed E-state index contributed by atoms with van der Waals surface area (Å²) in [6.07, 6.45) is 0.613. The van der Waals surface area contributed by atoms with Crippen LogP contribution in [0, 0.1) is 0 Å². The third-order valence-corrected chi connectivity index (χ3v) is 4.52. The van der Waals surface area contributed by atoms with E-state index in [0.717, 1.165) is 41.0 Å². The first-order chi connectivity index (χ1) is 10.8. The molecule has 22 heavy (non-hydrogen) atoms. The van der Waals surface area contributed by atoms with Gasteiger partial charge >= 0.3 is 0 Å². The van der Waals surface area contributed by atoms with E-state index in [1.165, 1.54) is 0 Å². The van der Waals surface area contributed by atoms with Crippen LogP contribution in [0.1, 0.15) is 0 Å². The molecule has 3 aliphatic rings. The Hall–Kier alpha value is -1.28. The lowest BCUT2D eigenvalue weighted by Crippen LogP contribution is -2.17. The normalized spacial score (nSPS) is 28.3. The minimum absolute atomic E-state index is 0.192. The molecule has 6 nitrogen and oxygen atoms in total. The van der Waals surface area contributed by atoms with Gasteiger partial charge in [-0.3, -0.25) is 0 Å². The summed E-state index contributed by atoms with van der Waals surface area (Å²) in [6.45, 7) is 3.93. The average molecular weight is 324 g/mol. The Bertz CT molecular complexity index is 539. The van der Waals surface area contributed by atoms with Crippen molar-refractivity contribution >= 4 is 15.4 Å². The third kappa shape index (κ3) is 3.72. The highest BCUT2D eigenvalue weighted by atomic mass is 28.1. The standard InChI is InChI=1S/C15H20O6Si/c22-13-2-1-12(19-6-9-3-16-9)14(20-7-10-4-17-10)15(13)21-8-11-5-18-11/h1-2,9-11H,3-8H2,22H3. The van der Waals surface area contributed by atoms with Crippen LogP contribution < -0.4 is 19.4 Å². The summed E-state index contributed by atoms with van der Waals surface area (Å²) >= 11 is 0. The van der Waals surface area contributed by atoms with Crippen LogP contribution in [0.4, 0.5) is 0 Å². The number of rotatable bonds is 9. The fraction of sp³-hybridized carbons (Fsp3) is 0.600. The second-order valence-electron chi connectivity index (χ2n) is 5.84. The Morgan fingerprint density at radius 1 is 0.818 bits per heavy atom. The minimum atomic E-state index is 0.192. The van der Waals surface area contributed by atoms with E-state index in [4.69, 9.17) is 28.4 Å². The Balaban J connectivity index is 1.51. The van der Waals surface area contributed by atoms with Crippen LogP contribution in [0.15, 0.2) is 12.1 Å². The molecule has 3 unspecified atom stereocenters. The maximum Gasteiger partial charge on any atom is 0.203 e. The number of benzene rings is 1. The van der Waals surface area contributed by atoms with Crippen molar-refractivity contribution in [1.29, 1.82) is 0 Å². The predicted molar refractivity (Wildman–Crippen MR) is 81.7 cm³/mol. The van der Waals surface area contributed by atoms with Crippen molar-refractivity contribution in [2.45, 2.75) is 18.3 Å². The molecule has 0 bridgehead atoms. The van der Waals surface area contributed by atoms with Crippen molar-refractivity contribution in [2.24, 2.45) is 0 Å². The van der Waals surface area contributed by atoms with Crippen molar-refractivity contribution in [1.82, 2.24) is 0 Å². The molecule has 0 saturated carbocycles. The lowest BCUT2D eigenvalue weighted by molar-refractivity contribution is 0.209. The van der Waals surface area contributed by atoms with Gasteiger partial charge in [0.25, 0.3) is 0 Å². The van der Waals surface area contributed by atoms with Crippen molar-refractivity contribution in [2.75, 3.05) is 39.6 Å². The fourth-order valence-corrected chi connectivity index (χ4v) is 2.64. The lowest BCUT2D eigenvalue weighted by Gasteiger charge is -2.18. The lowest BCUT2D eigenvalue weighted by atomic mass is 10.3. The molecule has 0 N–H and O–H groups in total. The number of hydrogen-bond acceptors (Lipinski definition) is 6. The van der Waals surface area contributed by atoms with Crippen LogP contribution in [0.3, 0.4) is 0 Å². The van der Waals surface area contributed by atoms with E-state index >= 15 is 0 Å². The second-order valence-corrected chi connectivity index (χ2v) is 6.92. The van der Waals surface area contributed by atoms with E-state index in [1.54, 1.807) is 0 Å². The van der Waals surface area contributed by atoms with Gasteiger partial charge in [0.15, 0.2) is 11.5 Å². The van der Waals surface area contributed by atoms with Crippen LogP contribution in [-0.2, 0) is 14.2 Å². The molecule has 7 heteroatoms. The minimum Gasteiger partial charge on any atom is -0.487 e. The molecule has 120 valence electrons. The summed E-state index contributed by atoms with van der Waals surface area (Å²) < 4.78 is 33.4. The monoisotopic (exact) mass is 324 g/mol. The first-order valence-electron chi connectivity index (χ1n) is 7.66. The molecule has 0 radical (unpaired) electrons. The van der Waals surface area contributed by atoms with Crippen LogP contribution in [0.25, 0.3) is 0 Å². The van der Waals surface area contributed by atoms with Gasteiger partial charge in [-0.05, 0) is 11.3 Å². The van der Waals surface area contributed by atoms with E-state index in [2.05, 4.69) is 0 Å². The van der Waals surface area contributed by atoms with E-state index in [9.17, 15) is 0 Å². The first-order valence-corrected chi connectivity index (χ1v) is 8.66. The van der Waals surface area contributed by atoms with Crippen LogP contribution >= 0.6 is 0 Å². The molecule has 3 heterocycles. The zero-order chi connectivity index (χ0) is 14.9. The summed E-state index contributed by atoms with van der Waals surface area (Å²) in [7, 11) is 0.877. The smallest absolute Gasteiger partial charge is 0.203 e. The quantitative estimate of drug-likeness (QED) is 0.429. The Morgan fingerprint density at radius 2 is 1.32 bits per heavy atom. The van der Waals surface area contributed by atoms with Crippen molar-refractivity contribution < 1.29 is 28.4 Å². The molecular weight excluding hydrogens is 304 g/mol. The van der Waals surface area contributed by atoms with Gasteiger partial charge in [0, 0.05) is 10.2 Å². The summed E-state index contributed by atoms with van der Waals surface area (Å²) in [6, 6.07) is 3.99. The van der Waals surface area contributed by atoms with Gasteiger partial charge < -0.3 is 28.4 Å². The van der Waals surface area contributed by atoms with Crippen molar-refractivity contribution in [3.05, 3.63) is 12.1 Å². The van der Waals surface area contributed by atoms with E-state index in [0.29, 0.717) is 31.3 Å². The van der Waals surface area contributed by atoms with Crippen molar-refractivity contribution in [3.8, 4) is 17.2 Å². The molecule has 3 fully saturated rings. The van der Waals surface area contributed by atoms with Gasteiger partial charge in [-0.2, -0.15) is 0 Å². The molecule has 0 aliphatic carbocycles. The molecule has 0 aromatic heterocycles. The fourth-order valence-electron chi connectivity index (χ4n) is 2.10. The second kappa shape index (κ2) is 6.08. The van der Waals surface area contributed by atoms with Crippen molar-refractivity contribution in [3.63, 3.8) is 0 Å². The van der Waals surface area contributed by atoms with Gasteiger partial charge in [0.1, 0.15) is 38.1 Å². The molecule has 3 saturated heterocycles. The Labute approximate surface area is 132 Å². The average Bonchev–Trinajstić information content (AvgIpc) is 3.38. The summed E-state index contributed by atoms with van der Waals surface area (Å²) in [4.78, 5) is 0. The Morgan fingerprint density at radius 3 is 1.86 bits per heavy atom. The number of epoxide rings is 3. The van der Waals surface area contributed by atoms with E-state index < -0.39 is 0 Å². The predicted octanol–water partition coefficient (Wildman–Crippen LogP) is -0.990. The number of hydrogen-bond donors (Lipinski definition) is 0. The summed E-state index contributed by atoms with van der Waals surface area (Å²) in [5.74, 6) is 2.18. The Kier molecular flexibility index (Phi) is 3.95. The zero-order valence-corrected chi connectivity index (χ0v) is 14.6. The molecule has 3 aliphatic heterocycles. The number of ether oxygens (including phenoxy) is 6. The first kappa shape index (κ1) is 14.3. The van der Waals surface area contributed by atoms with Crippen LogP contribution in [0.5, 0.6) is 17.2 Å². The van der Waals surface area contributed by atoms with Crippen LogP contribution in [-0.4, -0.2) is 68.2 Å². The molecule has 3 atom stereocenters. The summed E-state index contributed by atoms with van der Waals surface area (Å²) in [5.41, 5.74) is 0. The maximum atomic E-state index is 5.94. The van der Waals surface area contributed by atoms with Gasteiger partial charge in [0.2, 0.25) is 5.75 Å². The molecule has 0 spiro atoms. The molecule has 1 aromatic rings. The third-order valence-electron chi connectivity index (χ3n) is 3.73. The molecule has 0 amide bonds. The maximum absolute atomic E-state index is 5.94. The van der Waals surface area contributed by atoms with E-state index in [-0.39, 0.29) is 18.3 Å². The molecule has 1 aromatic carbocycles. The highest BCUT2D eigenvalue weighted by molar-refractivity contribution is 6.34. The molecular formula is C15H20O6Si. The summed E-state index contributed by atoms with van der Waals surface area (Å²) in [5, 5.41) is 1.15. The van der Waals surface area contributed by atoms with Gasteiger partial charge in [-0.15, -0.1) is 0 Å². The highest BCUT2D eigenvalue weighted by Gasteiger charge is 2.29. The van der Waals surface area contributed by atoms with Gasteiger partial charge in [-0.1, -0.05) is 6.07 Å². The van der Waals surface area contributed by atoms with E-state index in [1.807, 2.05) is 12.1 Å². The SMILES string of the molecule is [SiH3]c1ccc(OCC2CO2)c(OCC2CO2)c1OCC1CO1. The zero-order valence-electron chi connectivity index (χ0n) is 12.6.